The van der Waals surface area contributed by atoms with E-state index in [0.717, 1.165) is 0 Å². The van der Waals surface area contributed by atoms with Gasteiger partial charge in [0.05, 0.1) is 5.56 Å². The third-order valence-corrected chi connectivity index (χ3v) is 2.02. The molecule has 0 saturated carbocycles. The van der Waals surface area contributed by atoms with E-state index in [1.165, 1.54) is 0 Å². The molecule has 1 amide bonds. The minimum Gasteiger partial charge on any atom is -0.355 e. The summed E-state index contributed by atoms with van der Waals surface area (Å²) in [6, 6.07) is 6.84. The van der Waals surface area contributed by atoms with Crippen molar-refractivity contribution in [3.05, 3.63) is 35.4 Å². The number of ketones is 1. The van der Waals surface area contributed by atoms with Crippen LogP contribution in [0.1, 0.15) is 34.1 Å². The van der Waals surface area contributed by atoms with Crippen LogP contribution < -0.4 is 5.32 Å². The third-order valence-electron chi connectivity index (χ3n) is 2.02. The Bertz CT molecular complexity index is 323. The number of carbonyl (C=O) groups is 2. The van der Waals surface area contributed by atoms with Crippen LogP contribution in [0, 0.1) is 0 Å². The molecule has 0 aromatic heterocycles. The standard InChI is InChI=1S/C11H13NO2/c1-3-10(13)8-6-4-5-7-9(8)11(14)12-2/h4-7H,3H2,1-2H3,(H,12,14). The first kappa shape index (κ1) is 10.4. The molecule has 0 aliphatic heterocycles. The van der Waals surface area contributed by atoms with E-state index in [9.17, 15) is 9.59 Å². The van der Waals surface area contributed by atoms with Crippen LogP contribution in [0.25, 0.3) is 0 Å². The fraction of sp³-hybridized carbons (Fsp3) is 0.273. The summed E-state index contributed by atoms with van der Waals surface area (Å²) in [5, 5.41) is 2.51. The molecule has 3 heteroatoms. The summed E-state index contributed by atoms with van der Waals surface area (Å²) in [7, 11) is 1.55. The Balaban J connectivity index is 3.15. The molecule has 14 heavy (non-hydrogen) atoms. The second-order valence-corrected chi connectivity index (χ2v) is 2.90. The molecule has 0 aliphatic rings. The summed E-state index contributed by atoms with van der Waals surface area (Å²) in [5.41, 5.74) is 0.941. The molecule has 1 N–H and O–H groups in total. The number of amides is 1. The molecular weight excluding hydrogens is 178 g/mol. The van der Waals surface area contributed by atoms with E-state index in [1.807, 2.05) is 0 Å². The van der Waals surface area contributed by atoms with Crippen molar-refractivity contribution in [2.75, 3.05) is 7.05 Å². The van der Waals surface area contributed by atoms with Gasteiger partial charge in [-0.2, -0.15) is 0 Å². The van der Waals surface area contributed by atoms with Crippen LogP contribution in [0.5, 0.6) is 0 Å². The fourth-order valence-corrected chi connectivity index (χ4v) is 1.25. The van der Waals surface area contributed by atoms with E-state index in [0.29, 0.717) is 17.5 Å². The Labute approximate surface area is 83.1 Å². The van der Waals surface area contributed by atoms with Gasteiger partial charge in [-0.25, -0.2) is 0 Å². The van der Waals surface area contributed by atoms with Crippen molar-refractivity contribution >= 4 is 11.7 Å². The fourth-order valence-electron chi connectivity index (χ4n) is 1.25. The van der Waals surface area contributed by atoms with Crippen molar-refractivity contribution in [2.45, 2.75) is 13.3 Å². The molecule has 0 bridgehead atoms. The number of hydrogen-bond acceptors (Lipinski definition) is 2. The Morgan fingerprint density at radius 3 is 2.29 bits per heavy atom. The predicted octanol–water partition coefficient (Wildman–Crippen LogP) is 1.64. The molecule has 1 rings (SSSR count). The second kappa shape index (κ2) is 4.56. The van der Waals surface area contributed by atoms with Gasteiger partial charge in [-0.05, 0) is 6.07 Å². The van der Waals surface area contributed by atoms with Crippen LogP contribution >= 0.6 is 0 Å². The highest BCUT2D eigenvalue weighted by Crippen LogP contribution is 2.10. The lowest BCUT2D eigenvalue weighted by Gasteiger charge is -2.05. The van der Waals surface area contributed by atoms with Crippen molar-refractivity contribution in [1.29, 1.82) is 0 Å². The van der Waals surface area contributed by atoms with Gasteiger partial charge in [0.2, 0.25) is 0 Å². The van der Waals surface area contributed by atoms with Crippen LogP contribution in [0.15, 0.2) is 24.3 Å². The lowest BCUT2D eigenvalue weighted by molar-refractivity contribution is 0.0940. The van der Waals surface area contributed by atoms with Gasteiger partial charge in [0.15, 0.2) is 5.78 Å². The summed E-state index contributed by atoms with van der Waals surface area (Å²) in [4.78, 5) is 22.9. The van der Waals surface area contributed by atoms with E-state index < -0.39 is 0 Å². The Hall–Kier alpha value is -1.64. The van der Waals surface area contributed by atoms with Gasteiger partial charge in [-0.1, -0.05) is 25.1 Å². The Morgan fingerprint density at radius 2 is 1.79 bits per heavy atom. The molecule has 74 valence electrons. The smallest absolute Gasteiger partial charge is 0.251 e. The van der Waals surface area contributed by atoms with Gasteiger partial charge < -0.3 is 5.32 Å². The maximum atomic E-state index is 11.5. The normalized spacial score (nSPS) is 9.57. The number of nitrogens with one attached hydrogen (secondary N) is 1. The number of rotatable bonds is 3. The molecular formula is C11H13NO2. The average molecular weight is 191 g/mol. The zero-order valence-electron chi connectivity index (χ0n) is 8.33. The Kier molecular flexibility index (Phi) is 3.40. The minimum atomic E-state index is -0.220. The van der Waals surface area contributed by atoms with Crippen LogP contribution in [0.4, 0.5) is 0 Å². The van der Waals surface area contributed by atoms with Crippen LogP contribution in [0.3, 0.4) is 0 Å². The molecule has 0 radical (unpaired) electrons. The second-order valence-electron chi connectivity index (χ2n) is 2.90. The quantitative estimate of drug-likeness (QED) is 0.738. The third kappa shape index (κ3) is 1.99. The van der Waals surface area contributed by atoms with Crippen LogP contribution in [-0.4, -0.2) is 18.7 Å². The lowest BCUT2D eigenvalue weighted by atomic mass is 10.0. The zero-order valence-corrected chi connectivity index (χ0v) is 8.33. The number of benzene rings is 1. The summed E-state index contributed by atoms with van der Waals surface area (Å²) in [6.45, 7) is 1.78. The maximum Gasteiger partial charge on any atom is 0.251 e. The van der Waals surface area contributed by atoms with Gasteiger partial charge >= 0.3 is 0 Å². The van der Waals surface area contributed by atoms with Gasteiger partial charge in [0.1, 0.15) is 0 Å². The molecule has 0 spiro atoms. The van der Waals surface area contributed by atoms with Gasteiger partial charge in [0, 0.05) is 19.0 Å². The topological polar surface area (TPSA) is 46.2 Å². The van der Waals surface area contributed by atoms with Crippen molar-refractivity contribution in [3.8, 4) is 0 Å². The summed E-state index contributed by atoms with van der Waals surface area (Å²) >= 11 is 0. The predicted molar refractivity (Wildman–Crippen MR) is 54.5 cm³/mol. The first-order valence-electron chi connectivity index (χ1n) is 4.55. The molecule has 3 nitrogen and oxygen atoms in total. The zero-order chi connectivity index (χ0) is 10.6. The average Bonchev–Trinajstić information content (AvgIpc) is 2.27. The van der Waals surface area contributed by atoms with E-state index in [2.05, 4.69) is 5.32 Å². The van der Waals surface area contributed by atoms with Crippen molar-refractivity contribution in [1.82, 2.24) is 5.32 Å². The highest BCUT2D eigenvalue weighted by atomic mass is 16.2. The molecule has 1 aromatic carbocycles. The van der Waals surface area contributed by atoms with Gasteiger partial charge in [0.25, 0.3) is 5.91 Å². The van der Waals surface area contributed by atoms with E-state index in [4.69, 9.17) is 0 Å². The van der Waals surface area contributed by atoms with Gasteiger partial charge in [-0.15, -0.1) is 0 Å². The Morgan fingerprint density at radius 1 is 1.21 bits per heavy atom. The highest BCUT2D eigenvalue weighted by Gasteiger charge is 2.13. The van der Waals surface area contributed by atoms with Crippen LogP contribution in [-0.2, 0) is 0 Å². The van der Waals surface area contributed by atoms with E-state index in [1.54, 1.807) is 38.2 Å². The van der Waals surface area contributed by atoms with Crippen molar-refractivity contribution in [3.63, 3.8) is 0 Å². The SMILES string of the molecule is CCC(=O)c1ccccc1C(=O)NC. The van der Waals surface area contributed by atoms with Crippen molar-refractivity contribution in [2.24, 2.45) is 0 Å². The molecule has 0 aliphatic carbocycles. The largest absolute Gasteiger partial charge is 0.355 e. The summed E-state index contributed by atoms with van der Waals surface area (Å²) < 4.78 is 0. The minimum absolute atomic E-state index is 0.01000. The number of carbonyl (C=O) groups excluding carboxylic acids is 2. The van der Waals surface area contributed by atoms with E-state index in [-0.39, 0.29) is 11.7 Å². The van der Waals surface area contributed by atoms with E-state index >= 15 is 0 Å². The van der Waals surface area contributed by atoms with Crippen LogP contribution in [0.2, 0.25) is 0 Å². The first-order chi connectivity index (χ1) is 6.70. The molecule has 1 aromatic rings. The molecule has 0 saturated heterocycles. The maximum absolute atomic E-state index is 11.5. The summed E-state index contributed by atoms with van der Waals surface area (Å²) in [5.74, 6) is -0.230. The molecule has 0 unspecified atom stereocenters. The molecule has 0 heterocycles. The highest BCUT2D eigenvalue weighted by molar-refractivity contribution is 6.07. The number of hydrogen-bond donors (Lipinski definition) is 1. The first-order valence-corrected chi connectivity index (χ1v) is 4.55. The van der Waals surface area contributed by atoms with Gasteiger partial charge in [-0.3, -0.25) is 9.59 Å². The summed E-state index contributed by atoms with van der Waals surface area (Å²) in [6.07, 6.45) is 0.411. The lowest BCUT2D eigenvalue weighted by Crippen LogP contribution is -2.20. The number of Topliss-reactive ketones (excluding diaryl/α,β-unsaturated/α-hetero) is 1. The molecule has 0 atom stereocenters. The molecule has 0 fully saturated rings. The van der Waals surface area contributed by atoms with Crippen molar-refractivity contribution < 1.29 is 9.59 Å². The monoisotopic (exact) mass is 191 g/mol.